The van der Waals surface area contributed by atoms with Crippen LogP contribution in [-0.2, 0) is 15.8 Å². The summed E-state index contributed by atoms with van der Waals surface area (Å²) in [5.74, 6) is -2.09. The molecule has 5 rings (SSSR count). The topological polar surface area (TPSA) is 151 Å². The number of hydrogen-bond donors (Lipinski definition) is 4. The number of carbonyl (C=O) groups is 2. The Kier molecular flexibility index (Phi) is 7.77. The molecule has 1 saturated heterocycles. The van der Waals surface area contributed by atoms with E-state index in [4.69, 9.17) is 11.5 Å². The van der Waals surface area contributed by atoms with Gasteiger partial charge in [0.25, 0.3) is 11.8 Å². The number of nitrogens with zero attached hydrogens (tertiary/aromatic N) is 4. The number of anilines is 4. The van der Waals surface area contributed by atoms with Gasteiger partial charge in [0.15, 0.2) is 5.82 Å². The number of halogens is 3. The van der Waals surface area contributed by atoms with Crippen LogP contribution < -0.4 is 26.6 Å². The predicted molar refractivity (Wildman–Crippen MR) is 153 cm³/mol. The van der Waals surface area contributed by atoms with Crippen LogP contribution in [0.15, 0.2) is 76.0 Å². The molecule has 2 aliphatic rings. The Labute approximate surface area is 243 Å². The van der Waals surface area contributed by atoms with E-state index in [0.717, 1.165) is 23.8 Å². The molecule has 14 heteroatoms. The Morgan fingerprint density at radius 1 is 1.12 bits per heavy atom. The molecule has 0 spiro atoms. The van der Waals surface area contributed by atoms with Crippen LogP contribution in [0, 0.1) is 0 Å². The number of nitrogen functional groups attached to an aromatic ring is 1. The minimum atomic E-state index is -4.90. The highest BCUT2D eigenvalue weighted by atomic mass is 32.2. The molecule has 220 valence electrons. The summed E-state index contributed by atoms with van der Waals surface area (Å²) < 4.78 is 43.1. The normalized spacial score (nSPS) is 17.1. The van der Waals surface area contributed by atoms with Crippen molar-refractivity contribution in [2.24, 2.45) is 5.73 Å². The van der Waals surface area contributed by atoms with Gasteiger partial charge in [-0.25, -0.2) is 9.97 Å². The third-order valence-corrected chi connectivity index (χ3v) is 8.16. The molecule has 10 nitrogen and oxygen atoms in total. The Morgan fingerprint density at radius 2 is 1.81 bits per heavy atom. The number of amides is 2. The van der Waals surface area contributed by atoms with Crippen LogP contribution in [0.4, 0.5) is 36.2 Å². The van der Waals surface area contributed by atoms with Gasteiger partial charge in [0, 0.05) is 29.2 Å². The number of carbonyl (C=O) groups excluding carboxylic acids is 2. The maximum Gasteiger partial charge on any atom is 0.419 e. The number of nitrogens with two attached hydrogens (primary N) is 2. The van der Waals surface area contributed by atoms with Gasteiger partial charge < -0.3 is 31.7 Å². The fourth-order valence-corrected chi connectivity index (χ4v) is 5.70. The summed E-state index contributed by atoms with van der Waals surface area (Å²) in [6.07, 6.45) is -1.97. The Morgan fingerprint density at radius 3 is 2.45 bits per heavy atom. The van der Waals surface area contributed by atoms with Crippen LogP contribution in [0.5, 0.6) is 0 Å². The first kappa shape index (κ1) is 29.2. The molecule has 1 fully saturated rings. The fraction of sp³-hybridized carbons (Fsp3) is 0.286. The van der Waals surface area contributed by atoms with Crippen molar-refractivity contribution in [2.45, 2.75) is 41.4 Å². The second-order valence-electron chi connectivity index (χ2n) is 10.3. The maximum absolute atomic E-state index is 14.4. The minimum absolute atomic E-state index is 0.0474. The van der Waals surface area contributed by atoms with Crippen LogP contribution in [0.1, 0.15) is 25.3 Å². The zero-order valence-corrected chi connectivity index (χ0v) is 23.3. The molecule has 3 aromatic rings. The highest BCUT2D eigenvalue weighted by Gasteiger charge is 2.40. The van der Waals surface area contributed by atoms with Gasteiger partial charge in [-0.2, -0.15) is 13.2 Å². The summed E-state index contributed by atoms with van der Waals surface area (Å²) in [7, 11) is 0. The summed E-state index contributed by atoms with van der Waals surface area (Å²) in [4.78, 5) is 37.4. The lowest BCUT2D eigenvalue weighted by Crippen LogP contribution is -2.48. The van der Waals surface area contributed by atoms with Crippen LogP contribution in [0.25, 0.3) is 0 Å². The fourth-order valence-electron chi connectivity index (χ4n) is 4.77. The quantitative estimate of drug-likeness (QED) is 0.303. The first-order valence-electron chi connectivity index (χ1n) is 13.0. The summed E-state index contributed by atoms with van der Waals surface area (Å²) >= 11 is 0.650. The van der Waals surface area contributed by atoms with Gasteiger partial charge in [-0.05, 0) is 44.0 Å². The van der Waals surface area contributed by atoms with Crippen molar-refractivity contribution in [1.29, 1.82) is 0 Å². The van der Waals surface area contributed by atoms with Gasteiger partial charge in [0.05, 0.1) is 24.0 Å². The SMILES string of the molecule is CC1(N)CCN(c2cnc(Sc3cccc(NC(=O)C4=C(O)CN(c5ccccc5)C4=O)c3C(F)(F)F)c(N)n2)CC1. The lowest BCUT2D eigenvalue weighted by Gasteiger charge is -2.37. The molecule has 0 radical (unpaired) electrons. The Balaban J connectivity index is 1.38. The molecular weight excluding hydrogens is 571 g/mol. The molecule has 6 N–H and O–H groups in total. The van der Waals surface area contributed by atoms with E-state index < -0.39 is 40.6 Å². The number of aromatic nitrogens is 2. The lowest BCUT2D eigenvalue weighted by molar-refractivity contribution is -0.139. The number of rotatable bonds is 6. The van der Waals surface area contributed by atoms with E-state index in [2.05, 4.69) is 15.3 Å². The van der Waals surface area contributed by atoms with Crippen molar-refractivity contribution in [3.63, 3.8) is 0 Å². The smallest absolute Gasteiger partial charge is 0.419 e. The number of nitrogens with one attached hydrogen (secondary N) is 1. The highest BCUT2D eigenvalue weighted by Crippen LogP contribution is 2.44. The number of piperidine rings is 1. The summed E-state index contributed by atoms with van der Waals surface area (Å²) in [5, 5.41) is 12.6. The standard InChI is InChI=1S/C28H28F3N7O3S/c1-27(33)10-12-37(13-11-27)20-14-34-25(23(32)36-20)42-19-9-5-8-17(22(19)28(29,30)31)35-24(40)21-18(39)15-38(26(21)41)16-6-3-2-4-7-16/h2-9,14,39H,10-13,15,33H2,1H3,(H2,32,36)(H,35,40). The second-order valence-corrected chi connectivity index (χ2v) is 11.4. The van der Waals surface area contributed by atoms with E-state index in [1.165, 1.54) is 18.3 Å². The average molecular weight is 600 g/mol. The number of hydrogen-bond acceptors (Lipinski definition) is 9. The number of benzene rings is 2. The van der Waals surface area contributed by atoms with Crippen molar-refractivity contribution in [2.75, 3.05) is 40.5 Å². The summed E-state index contributed by atoms with van der Waals surface area (Å²) in [6, 6.07) is 11.9. The molecule has 0 aliphatic carbocycles. The van der Waals surface area contributed by atoms with Gasteiger partial charge in [-0.3, -0.25) is 9.59 Å². The zero-order chi connectivity index (χ0) is 30.2. The van der Waals surface area contributed by atoms with Gasteiger partial charge >= 0.3 is 6.18 Å². The average Bonchev–Trinajstić information content (AvgIpc) is 3.23. The first-order chi connectivity index (χ1) is 19.8. The Hall–Kier alpha value is -4.30. The van der Waals surface area contributed by atoms with Crippen LogP contribution in [0.2, 0.25) is 0 Å². The van der Waals surface area contributed by atoms with Crippen molar-refractivity contribution in [3.8, 4) is 0 Å². The predicted octanol–water partition coefficient (Wildman–Crippen LogP) is 4.34. The summed E-state index contributed by atoms with van der Waals surface area (Å²) in [6.45, 7) is 2.98. The molecular formula is C28H28F3N7O3S. The highest BCUT2D eigenvalue weighted by molar-refractivity contribution is 7.99. The first-order valence-corrected chi connectivity index (χ1v) is 13.8. The van der Waals surface area contributed by atoms with E-state index in [0.29, 0.717) is 36.4 Å². The molecule has 1 aromatic heterocycles. The molecule has 0 atom stereocenters. The minimum Gasteiger partial charge on any atom is -0.509 e. The van der Waals surface area contributed by atoms with Crippen LogP contribution in [-0.4, -0.2) is 52.1 Å². The molecule has 2 amide bonds. The monoisotopic (exact) mass is 599 g/mol. The van der Waals surface area contributed by atoms with Crippen molar-refractivity contribution in [1.82, 2.24) is 9.97 Å². The van der Waals surface area contributed by atoms with Crippen LogP contribution in [0.3, 0.4) is 0 Å². The molecule has 42 heavy (non-hydrogen) atoms. The van der Waals surface area contributed by atoms with Gasteiger partial charge in [0.1, 0.15) is 22.2 Å². The molecule has 2 aromatic carbocycles. The van der Waals surface area contributed by atoms with E-state index in [-0.39, 0.29) is 27.8 Å². The van der Waals surface area contributed by atoms with E-state index in [1.807, 2.05) is 11.8 Å². The van der Waals surface area contributed by atoms with Gasteiger partial charge in [-0.1, -0.05) is 36.0 Å². The number of aliphatic hydroxyl groups excluding tert-OH is 1. The molecule has 0 bridgehead atoms. The third kappa shape index (κ3) is 5.99. The molecule has 0 saturated carbocycles. The van der Waals surface area contributed by atoms with Crippen LogP contribution >= 0.6 is 11.8 Å². The number of aliphatic hydroxyl groups is 1. The van der Waals surface area contributed by atoms with Gasteiger partial charge in [0.2, 0.25) is 0 Å². The number of alkyl halides is 3. The van der Waals surface area contributed by atoms with Crippen molar-refractivity contribution < 1.29 is 27.9 Å². The maximum atomic E-state index is 14.4. The van der Waals surface area contributed by atoms with Crippen molar-refractivity contribution in [3.05, 3.63) is 71.6 Å². The molecule has 0 unspecified atom stereocenters. The largest absolute Gasteiger partial charge is 0.509 e. The van der Waals surface area contributed by atoms with E-state index >= 15 is 0 Å². The van der Waals surface area contributed by atoms with Gasteiger partial charge in [-0.15, -0.1) is 0 Å². The van der Waals surface area contributed by atoms with E-state index in [1.54, 1.807) is 30.3 Å². The summed E-state index contributed by atoms with van der Waals surface area (Å²) in [5.41, 5.74) is 10.1. The number of para-hydroxylation sites is 1. The zero-order valence-electron chi connectivity index (χ0n) is 22.5. The second kappa shape index (κ2) is 11.2. The lowest BCUT2D eigenvalue weighted by atomic mass is 9.91. The Bertz CT molecular complexity index is 1550. The van der Waals surface area contributed by atoms with Crippen molar-refractivity contribution >= 4 is 46.6 Å². The molecule has 3 heterocycles. The molecule has 2 aliphatic heterocycles. The third-order valence-electron chi connectivity index (χ3n) is 7.10. The van der Waals surface area contributed by atoms with E-state index in [9.17, 15) is 27.9 Å².